The van der Waals surface area contributed by atoms with E-state index in [1.54, 1.807) is 31.2 Å². The molecule has 52 heavy (non-hydrogen) atoms. The van der Waals surface area contributed by atoms with Gasteiger partial charge in [-0.2, -0.15) is 0 Å². The second kappa shape index (κ2) is 18.1. The first-order chi connectivity index (χ1) is 24.7. The highest BCUT2D eigenvalue weighted by Crippen LogP contribution is 2.38. The molecule has 0 saturated carbocycles. The molecule has 0 fully saturated rings. The van der Waals surface area contributed by atoms with Gasteiger partial charge in [-0.3, -0.25) is 13.9 Å². The van der Waals surface area contributed by atoms with Crippen LogP contribution >= 0.6 is 11.8 Å². The van der Waals surface area contributed by atoms with Crippen molar-refractivity contribution in [2.45, 2.75) is 101 Å². The number of thioether (sulfide) groups is 1. The second-order valence-corrected chi connectivity index (χ2v) is 16.2. The summed E-state index contributed by atoms with van der Waals surface area (Å²) in [5.41, 5.74) is 0.919. The van der Waals surface area contributed by atoms with E-state index in [1.165, 1.54) is 12.1 Å². The maximum atomic E-state index is 14.8. The van der Waals surface area contributed by atoms with Crippen LogP contribution in [0.25, 0.3) is 0 Å². The second-order valence-electron chi connectivity index (χ2n) is 13.4. The lowest BCUT2D eigenvalue weighted by atomic mass is 9.87. The predicted molar refractivity (Wildman–Crippen MR) is 201 cm³/mol. The minimum absolute atomic E-state index is 0.0272. The summed E-state index contributed by atoms with van der Waals surface area (Å²) in [6, 6.07) is 9.79. The third-order valence-electron chi connectivity index (χ3n) is 8.36. The Kier molecular flexibility index (Phi) is 14.2. The van der Waals surface area contributed by atoms with Crippen LogP contribution in [0.2, 0.25) is 0 Å². The van der Waals surface area contributed by atoms with Crippen molar-refractivity contribution in [3.63, 3.8) is 0 Å². The Morgan fingerprint density at radius 3 is 2.44 bits per heavy atom. The smallest absolute Gasteiger partial charge is 0.423 e. The van der Waals surface area contributed by atoms with Crippen molar-refractivity contribution < 1.29 is 37.0 Å². The standard InChI is InChI=1S/C37H50N4O9S2/c1-7-10-16-28-35(44)41(36(45)50-28)32(34(43)39-27-23-25(37(4,5)6)18-19-29(27)51-24-31(42)49-9-3)33-38-26-15-12-13-17-30(26)52(46,47)40(33)20-14-22-48-21-11-8-2/h12-13,15,17-19,23,32,44H,7-11,14,16,20-22,24H2,1-6H3,(H,39,43). The Balaban J connectivity index is 1.88. The summed E-state index contributed by atoms with van der Waals surface area (Å²) in [5.74, 6) is -3.30. The predicted octanol–water partition coefficient (Wildman–Crippen LogP) is 6.56. The van der Waals surface area contributed by atoms with E-state index in [0.717, 1.165) is 45.5 Å². The van der Waals surface area contributed by atoms with Crippen molar-refractivity contribution in [1.82, 2.24) is 8.87 Å². The van der Waals surface area contributed by atoms with Crippen molar-refractivity contribution in [2.24, 2.45) is 4.99 Å². The van der Waals surface area contributed by atoms with E-state index in [-0.39, 0.29) is 65.9 Å². The van der Waals surface area contributed by atoms with Crippen molar-refractivity contribution >= 4 is 50.9 Å². The molecule has 4 rings (SSSR count). The molecule has 1 aliphatic heterocycles. The van der Waals surface area contributed by atoms with E-state index in [4.69, 9.17) is 13.9 Å². The molecule has 3 aromatic rings. The number of fused-ring (bicyclic) bond motifs is 1. The molecule has 15 heteroatoms. The summed E-state index contributed by atoms with van der Waals surface area (Å²) in [4.78, 5) is 45.8. The molecule has 0 saturated heterocycles. The van der Waals surface area contributed by atoms with Crippen LogP contribution in [0, 0.1) is 0 Å². The van der Waals surface area contributed by atoms with Gasteiger partial charge >= 0.3 is 11.7 Å². The first kappa shape index (κ1) is 40.7. The molecule has 1 aliphatic rings. The highest BCUT2D eigenvalue weighted by molar-refractivity contribution is 8.00. The van der Waals surface area contributed by atoms with E-state index in [1.807, 2.05) is 40.7 Å². The number of amidine groups is 1. The van der Waals surface area contributed by atoms with E-state index in [9.17, 15) is 27.9 Å². The van der Waals surface area contributed by atoms with Crippen molar-refractivity contribution in [3.05, 3.63) is 64.3 Å². The third kappa shape index (κ3) is 9.66. The molecule has 284 valence electrons. The minimum atomic E-state index is -4.30. The number of carbonyl (C=O) groups is 2. The Labute approximate surface area is 309 Å². The van der Waals surface area contributed by atoms with Crippen molar-refractivity contribution in [2.75, 3.05) is 37.4 Å². The normalized spacial score (nSPS) is 14.4. The van der Waals surface area contributed by atoms with E-state index < -0.39 is 39.6 Å². The number of hydrogen-bond acceptors (Lipinski definition) is 11. The van der Waals surface area contributed by atoms with Gasteiger partial charge in [0, 0.05) is 31.1 Å². The van der Waals surface area contributed by atoms with Gasteiger partial charge in [-0.05, 0) is 61.4 Å². The average molecular weight is 759 g/mol. The quantitative estimate of drug-likeness (QED) is 0.0823. The van der Waals surface area contributed by atoms with Gasteiger partial charge in [-0.25, -0.2) is 22.8 Å². The van der Waals surface area contributed by atoms with Gasteiger partial charge in [-0.1, -0.05) is 65.7 Å². The zero-order valence-corrected chi connectivity index (χ0v) is 32.4. The number of oxazole rings is 1. The van der Waals surface area contributed by atoms with Gasteiger partial charge in [0.15, 0.2) is 17.6 Å². The molecule has 0 aliphatic carbocycles. The topological polar surface area (TPSA) is 170 Å². The van der Waals surface area contributed by atoms with E-state index >= 15 is 0 Å². The number of rotatable bonds is 18. The molecular weight excluding hydrogens is 709 g/mol. The number of benzene rings is 2. The summed E-state index contributed by atoms with van der Waals surface area (Å²) < 4.78 is 46.6. The van der Waals surface area contributed by atoms with Gasteiger partial charge in [0.2, 0.25) is 5.88 Å². The highest BCUT2D eigenvalue weighted by Gasteiger charge is 2.43. The first-order valence-corrected chi connectivity index (χ1v) is 20.1. The van der Waals surface area contributed by atoms with Crippen LogP contribution < -0.4 is 11.1 Å². The Hall–Kier alpha value is -4.08. The number of aliphatic imine (C=N–C) groups is 1. The lowest BCUT2D eigenvalue weighted by Gasteiger charge is -2.33. The molecule has 1 unspecified atom stereocenters. The number of nitrogens with one attached hydrogen (secondary N) is 1. The summed E-state index contributed by atoms with van der Waals surface area (Å²) in [6.45, 7) is 12.6. The van der Waals surface area contributed by atoms with Crippen LogP contribution in [-0.4, -0.2) is 72.2 Å². The van der Waals surface area contributed by atoms with Gasteiger partial charge in [0.05, 0.1) is 23.7 Å². The third-order valence-corrected chi connectivity index (χ3v) is 11.3. The molecule has 1 aromatic heterocycles. The number of nitrogens with zero attached hydrogens (tertiary/aromatic N) is 3. The summed E-state index contributed by atoms with van der Waals surface area (Å²) in [7, 11) is -4.30. The van der Waals surface area contributed by atoms with Gasteiger partial charge in [-0.15, -0.1) is 11.8 Å². The van der Waals surface area contributed by atoms with Crippen molar-refractivity contribution in [1.29, 1.82) is 0 Å². The number of sulfonamides is 1. The zero-order chi connectivity index (χ0) is 38.1. The molecule has 0 radical (unpaired) electrons. The molecule has 0 bridgehead atoms. The maximum Gasteiger partial charge on any atom is 0.423 e. The fourth-order valence-electron chi connectivity index (χ4n) is 5.54. The number of aryl methyl sites for hydroxylation is 1. The number of para-hydroxylation sites is 1. The molecular formula is C37H50N4O9S2. The van der Waals surface area contributed by atoms with E-state index in [2.05, 4.69) is 10.3 Å². The first-order valence-electron chi connectivity index (χ1n) is 17.7. The number of esters is 1. The van der Waals surface area contributed by atoms with Crippen LogP contribution in [-0.2, 0) is 40.9 Å². The fourth-order valence-corrected chi connectivity index (χ4v) is 7.95. The Morgan fingerprint density at radius 2 is 1.75 bits per heavy atom. The summed E-state index contributed by atoms with van der Waals surface area (Å²) in [5, 5.41) is 14.3. The molecule has 1 amide bonds. The molecule has 2 heterocycles. The number of aromatic hydroxyl groups is 1. The highest BCUT2D eigenvalue weighted by atomic mass is 32.2. The molecule has 13 nitrogen and oxygen atoms in total. The minimum Gasteiger partial charge on any atom is -0.492 e. The SMILES string of the molecule is CCCCOCCCN1C(C(C(=O)Nc2cc(C(C)(C)C)ccc2SCC(=O)OCC)n2c(O)c(CCCC)oc2=O)=Nc2ccccc2S1(=O)=O. The number of unbranched alkanes of at least 4 members (excludes halogenated alkanes) is 2. The summed E-state index contributed by atoms with van der Waals surface area (Å²) >= 11 is 1.15. The number of anilines is 1. The molecule has 1 atom stereocenters. The van der Waals surface area contributed by atoms with Gasteiger partial charge < -0.3 is 24.3 Å². The molecule has 2 N–H and O–H groups in total. The van der Waals surface area contributed by atoms with Crippen LogP contribution in [0.4, 0.5) is 11.4 Å². The maximum absolute atomic E-state index is 14.8. The fraction of sp³-hybridized carbons (Fsp3) is 0.514. The number of ether oxygens (including phenoxy) is 2. The van der Waals surface area contributed by atoms with Crippen LogP contribution in [0.5, 0.6) is 5.88 Å². The summed E-state index contributed by atoms with van der Waals surface area (Å²) in [6.07, 6.45) is 3.59. The largest absolute Gasteiger partial charge is 0.492 e. The average Bonchev–Trinajstić information content (AvgIpc) is 3.37. The van der Waals surface area contributed by atoms with Crippen molar-refractivity contribution in [3.8, 4) is 5.88 Å². The van der Waals surface area contributed by atoms with Crippen LogP contribution in [0.15, 0.2) is 66.5 Å². The Morgan fingerprint density at radius 1 is 1.04 bits per heavy atom. The number of carbonyl (C=O) groups excluding carboxylic acids is 2. The van der Waals surface area contributed by atoms with Crippen LogP contribution in [0.1, 0.15) is 91.0 Å². The van der Waals surface area contributed by atoms with Gasteiger partial charge in [0.25, 0.3) is 15.9 Å². The monoisotopic (exact) mass is 758 g/mol. The number of hydrogen-bond donors (Lipinski definition) is 2. The van der Waals surface area contributed by atoms with Gasteiger partial charge in [0.1, 0.15) is 4.90 Å². The van der Waals surface area contributed by atoms with E-state index in [0.29, 0.717) is 23.6 Å². The molecule has 2 aromatic carbocycles. The van der Waals surface area contributed by atoms with Crippen LogP contribution in [0.3, 0.4) is 0 Å². The zero-order valence-electron chi connectivity index (χ0n) is 30.8. The number of amides is 1. The lowest BCUT2D eigenvalue weighted by Crippen LogP contribution is -2.49. The number of aromatic nitrogens is 1. The Bertz CT molecular complexity index is 1910. The molecule has 0 spiro atoms. The lowest BCUT2D eigenvalue weighted by molar-refractivity contribution is -0.139.